The van der Waals surface area contributed by atoms with Crippen LogP contribution >= 0.6 is 12.2 Å². The number of aromatic amines is 1. The SMILES string of the molecule is S=c1[nH]ncn1/N=C\c1ccc(Nc2ccccc2)cc1. The van der Waals surface area contributed by atoms with Gasteiger partial charge in [-0.1, -0.05) is 30.3 Å². The highest BCUT2D eigenvalue weighted by Gasteiger charge is 1.94. The topological polar surface area (TPSA) is 58.0 Å². The first-order valence-electron chi connectivity index (χ1n) is 6.40. The highest BCUT2D eigenvalue weighted by atomic mass is 32.1. The maximum Gasteiger partial charge on any atom is 0.216 e. The zero-order valence-corrected chi connectivity index (χ0v) is 11.9. The van der Waals surface area contributed by atoms with Crippen molar-refractivity contribution in [2.45, 2.75) is 0 Å². The first-order chi connectivity index (χ1) is 10.3. The van der Waals surface area contributed by atoms with E-state index in [2.05, 4.69) is 20.6 Å². The number of hydrogen-bond donors (Lipinski definition) is 2. The van der Waals surface area contributed by atoms with E-state index in [0.717, 1.165) is 16.9 Å². The average molecular weight is 295 g/mol. The zero-order chi connectivity index (χ0) is 14.5. The van der Waals surface area contributed by atoms with E-state index in [1.165, 1.54) is 11.0 Å². The molecule has 1 aromatic heterocycles. The van der Waals surface area contributed by atoms with Crippen molar-refractivity contribution in [2.75, 3.05) is 5.32 Å². The van der Waals surface area contributed by atoms with Crippen molar-refractivity contribution in [2.24, 2.45) is 5.10 Å². The Balaban J connectivity index is 1.71. The van der Waals surface area contributed by atoms with Gasteiger partial charge < -0.3 is 5.32 Å². The molecule has 0 unspecified atom stereocenters. The van der Waals surface area contributed by atoms with Gasteiger partial charge in [0.2, 0.25) is 4.77 Å². The van der Waals surface area contributed by atoms with E-state index >= 15 is 0 Å². The summed E-state index contributed by atoms with van der Waals surface area (Å²) in [5.74, 6) is 0. The van der Waals surface area contributed by atoms with E-state index in [-0.39, 0.29) is 0 Å². The van der Waals surface area contributed by atoms with Gasteiger partial charge in [-0.2, -0.15) is 14.9 Å². The van der Waals surface area contributed by atoms with Crippen molar-refractivity contribution in [3.05, 3.63) is 71.3 Å². The van der Waals surface area contributed by atoms with E-state index in [1.807, 2.05) is 54.6 Å². The molecule has 0 aliphatic rings. The van der Waals surface area contributed by atoms with Gasteiger partial charge in [0, 0.05) is 11.4 Å². The Labute approximate surface area is 127 Å². The van der Waals surface area contributed by atoms with Gasteiger partial charge in [-0.3, -0.25) is 5.10 Å². The summed E-state index contributed by atoms with van der Waals surface area (Å²) < 4.78 is 1.97. The summed E-state index contributed by atoms with van der Waals surface area (Å²) in [5, 5.41) is 14.0. The molecule has 3 rings (SSSR count). The molecule has 0 atom stereocenters. The van der Waals surface area contributed by atoms with Crippen LogP contribution in [0.4, 0.5) is 11.4 Å². The summed E-state index contributed by atoms with van der Waals surface area (Å²) in [4.78, 5) is 0. The number of aromatic nitrogens is 3. The Hall–Kier alpha value is -2.73. The van der Waals surface area contributed by atoms with Crippen molar-refractivity contribution < 1.29 is 0 Å². The third kappa shape index (κ3) is 3.43. The molecular weight excluding hydrogens is 282 g/mol. The van der Waals surface area contributed by atoms with Gasteiger partial charge >= 0.3 is 0 Å². The molecule has 0 aliphatic heterocycles. The van der Waals surface area contributed by atoms with Crippen LogP contribution in [0.3, 0.4) is 0 Å². The van der Waals surface area contributed by atoms with E-state index in [4.69, 9.17) is 12.2 Å². The van der Waals surface area contributed by atoms with Crippen molar-refractivity contribution in [1.29, 1.82) is 0 Å². The zero-order valence-electron chi connectivity index (χ0n) is 11.1. The van der Waals surface area contributed by atoms with E-state index in [0.29, 0.717) is 4.77 Å². The highest BCUT2D eigenvalue weighted by Crippen LogP contribution is 2.16. The molecule has 0 saturated heterocycles. The fourth-order valence-corrected chi connectivity index (χ4v) is 1.94. The van der Waals surface area contributed by atoms with Crippen molar-refractivity contribution >= 4 is 29.8 Å². The lowest BCUT2D eigenvalue weighted by Crippen LogP contribution is -1.91. The summed E-state index contributed by atoms with van der Waals surface area (Å²) in [6.45, 7) is 0. The van der Waals surface area contributed by atoms with Gasteiger partial charge in [0.1, 0.15) is 6.33 Å². The Morgan fingerprint density at radius 1 is 1.05 bits per heavy atom. The number of para-hydroxylation sites is 1. The number of benzene rings is 2. The minimum atomic E-state index is 0.466. The normalized spacial score (nSPS) is 10.9. The number of nitrogens with zero attached hydrogens (tertiary/aromatic N) is 3. The molecular formula is C15H13N5S. The molecule has 0 radical (unpaired) electrons. The van der Waals surface area contributed by atoms with Crippen LogP contribution in [0.2, 0.25) is 0 Å². The molecule has 6 heteroatoms. The minimum Gasteiger partial charge on any atom is -0.356 e. The Bertz CT molecular complexity index is 787. The summed E-state index contributed by atoms with van der Waals surface area (Å²) >= 11 is 5.02. The standard InChI is InChI=1S/C15H13N5S/c21-15-19-16-11-20(15)17-10-12-6-8-14(9-7-12)18-13-4-2-1-3-5-13/h1-11,18H,(H,19,21)/b17-10-. The van der Waals surface area contributed by atoms with Gasteiger partial charge in [0.25, 0.3) is 0 Å². The fraction of sp³-hybridized carbons (Fsp3) is 0. The number of hydrogen-bond acceptors (Lipinski definition) is 4. The van der Waals surface area contributed by atoms with Gasteiger partial charge in [-0.15, -0.1) is 0 Å². The second kappa shape index (κ2) is 6.15. The minimum absolute atomic E-state index is 0.466. The van der Waals surface area contributed by atoms with E-state index in [1.54, 1.807) is 6.21 Å². The highest BCUT2D eigenvalue weighted by molar-refractivity contribution is 7.71. The Morgan fingerprint density at radius 2 is 1.76 bits per heavy atom. The van der Waals surface area contributed by atoms with Crippen LogP contribution in [0, 0.1) is 4.77 Å². The molecule has 21 heavy (non-hydrogen) atoms. The predicted octanol–water partition coefficient (Wildman–Crippen LogP) is 3.57. The van der Waals surface area contributed by atoms with Crippen molar-refractivity contribution in [3.8, 4) is 0 Å². The van der Waals surface area contributed by atoms with Crippen LogP contribution in [0.25, 0.3) is 0 Å². The number of H-pyrrole nitrogens is 1. The Morgan fingerprint density at radius 3 is 2.43 bits per heavy atom. The molecule has 2 aromatic carbocycles. The monoisotopic (exact) mass is 295 g/mol. The van der Waals surface area contributed by atoms with Gasteiger partial charge in [-0.25, -0.2) is 0 Å². The smallest absolute Gasteiger partial charge is 0.216 e. The quantitative estimate of drug-likeness (QED) is 0.571. The fourth-order valence-electron chi connectivity index (χ4n) is 1.79. The van der Waals surface area contributed by atoms with Crippen molar-refractivity contribution in [3.63, 3.8) is 0 Å². The third-order valence-electron chi connectivity index (χ3n) is 2.84. The summed E-state index contributed by atoms with van der Waals surface area (Å²) in [6.07, 6.45) is 3.27. The maximum atomic E-state index is 5.02. The van der Waals surface area contributed by atoms with Crippen LogP contribution in [0.1, 0.15) is 5.56 Å². The van der Waals surface area contributed by atoms with Crippen LogP contribution < -0.4 is 5.32 Å². The first kappa shape index (κ1) is 13.3. The maximum absolute atomic E-state index is 5.02. The van der Waals surface area contributed by atoms with Crippen LogP contribution in [-0.2, 0) is 0 Å². The molecule has 0 saturated carbocycles. The molecule has 104 valence electrons. The summed E-state index contributed by atoms with van der Waals surface area (Å²) in [6, 6.07) is 18.0. The Kier molecular flexibility index (Phi) is 3.88. The van der Waals surface area contributed by atoms with Crippen LogP contribution in [0.15, 0.2) is 66.0 Å². The lowest BCUT2D eigenvalue weighted by Gasteiger charge is -2.05. The van der Waals surface area contributed by atoms with Gasteiger partial charge in [0.05, 0.1) is 6.21 Å². The molecule has 5 nitrogen and oxygen atoms in total. The van der Waals surface area contributed by atoms with E-state index < -0.39 is 0 Å². The number of rotatable bonds is 4. The number of anilines is 2. The van der Waals surface area contributed by atoms with Gasteiger partial charge in [-0.05, 0) is 42.0 Å². The van der Waals surface area contributed by atoms with E-state index in [9.17, 15) is 0 Å². The largest absolute Gasteiger partial charge is 0.356 e. The molecule has 3 aromatic rings. The lowest BCUT2D eigenvalue weighted by molar-refractivity contribution is 0.863. The molecule has 0 spiro atoms. The molecule has 0 bridgehead atoms. The van der Waals surface area contributed by atoms with Crippen LogP contribution in [0.5, 0.6) is 0 Å². The van der Waals surface area contributed by atoms with Crippen LogP contribution in [-0.4, -0.2) is 21.1 Å². The summed E-state index contributed by atoms with van der Waals surface area (Å²) in [5.41, 5.74) is 3.07. The number of nitrogens with one attached hydrogen (secondary N) is 2. The average Bonchev–Trinajstić information content (AvgIpc) is 2.93. The molecule has 0 aliphatic carbocycles. The second-order valence-electron chi connectivity index (χ2n) is 4.36. The molecule has 0 amide bonds. The third-order valence-corrected chi connectivity index (χ3v) is 3.12. The second-order valence-corrected chi connectivity index (χ2v) is 4.75. The molecule has 2 N–H and O–H groups in total. The molecule has 1 heterocycles. The van der Waals surface area contributed by atoms with Crippen molar-refractivity contribution in [1.82, 2.24) is 14.9 Å². The summed E-state index contributed by atoms with van der Waals surface area (Å²) in [7, 11) is 0. The molecule has 0 fully saturated rings. The first-order valence-corrected chi connectivity index (χ1v) is 6.80. The lowest BCUT2D eigenvalue weighted by atomic mass is 10.2. The van der Waals surface area contributed by atoms with Gasteiger partial charge in [0.15, 0.2) is 0 Å². The predicted molar refractivity (Wildman–Crippen MR) is 86.6 cm³/mol.